The van der Waals surface area contributed by atoms with Gasteiger partial charge in [-0.25, -0.2) is 0 Å². The van der Waals surface area contributed by atoms with E-state index in [1.807, 2.05) is 0 Å². The van der Waals surface area contributed by atoms with Crippen LogP contribution < -0.4 is 5.59 Å². The van der Waals surface area contributed by atoms with Gasteiger partial charge in [0.1, 0.15) is 18.2 Å². The van der Waals surface area contributed by atoms with Crippen LogP contribution in [0.1, 0.15) is 0 Å². The summed E-state index contributed by atoms with van der Waals surface area (Å²) >= 11 is 3.09. The molecule has 1 aromatic heterocycles. The summed E-state index contributed by atoms with van der Waals surface area (Å²) in [5, 5.41) is 8.84. The molecule has 0 aliphatic carbocycles. The van der Waals surface area contributed by atoms with Gasteiger partial charge in [-0.05, 0) is 28.1 Å². The predicted octanol–water partition coefficient (Wildman–Crippen LogP) is 0.343. The van der Waals surface area contributed by atoms with Gasteiger partial charge in [-0.3, -0.25) is 4.98 Å². The van der Waals surface area contributed by atoms with E-state index in [0.717, 1.165) is 0 Å². The molecule has 2 nitrogen and oxygen atoms in total. The van der Waals surface area contributed by atoms with Gasteiger partial charge >= 0.3 is 0 Å². The first-order chi connectivity index (χ1) is 4.20. The third kappa shape index (κ3) is 1.45. The molecular weight excluding hydrogens is 181 g/mol. The van der Waals surface area contributed by atoms with Gasteiger partial charge in [0.25, 0.3) is 0 Å². The molecule has 1 N–H and O–H groups in total. The summed E-state index contributed by atoms with van der Waals surface area (Å²) in [6.45, 7) is 0. The Bertz CT molecular complexity index is 228. The van der Waals surface area contributed by atoms with Crippen LogP contribution in [0.15, 0.2) is 16.7 Å². The van der Waals surface area contributed by atoms with E-state index in [4.69, 9.17) is 13.0 Å². The van der Waals surface area contributed by atoms with Crippen molar-refractivity contribution in [3.8, 4) is 5.75 Å². The second-order valence-electron chi connectivity index (χ2n) is 1.54. The molecule has 4 heteroatoms. The molecule has 0 saturated carbocycles. The van der Waals surface area contributed by atoms with Crippen molar-refractivity contribution in [1.29, 1.82) is 0 Å². The van der Waals surface area contributed by atoms with Crippen molar-refractivity contribution in [2.45, 2.75) is 0 Å². The lowest BCUT2D eigenvalue weighted by Crippen LogP contribution is -2.07. The Kier molecular flexibility index (Phi) is 1.76. The summed E-state index contributed by atoms with van der Waals surface area (Å²) in [6, 6.07) is 3.10. The van der Waals surface area contributed by atoms with E-state index < -0.39 is 0 Å². The van der Waals surface area contributed by atoms with Gasteiger partial charge in [0, 0.05) is 5.59 Å². The first kappa shape index (κ1) is 6.61. The van der Waals surface area contributed by atoms with Gasteiger partial charge in [0.05, 0.1) is 0 Å². The highest BCUT2D eigenvalue weighted by Crippen LogP contribution is 2.07. The van der Waals surface area contributed by atoms with Crippen molar-refractivity contribution in [1.82, 2.24) is 4.98 Å². The molecule has 1 rings (SSSR count). The number of aromatic hydroxyl groups is 1. The Labute approximate surface area is 62.5 Å². The molecule has 0 aliphatic rings. The first-order valence-electron chi connectivity index (χ1n) is 2.31. The van der Waals surface area contributed by atoms with Crippen molar-refractivity contribution in [3.63, 3.8) is 0 Å². The second kappa shape index (κ2) is 2.39. The summed E-state index contributed by atoms with van der Waals surface area (Å²) in [4.78, 5) is 3.72. The maximum absolute atomic E-state index is 8.84. The summed E-state index contributed by atoms with van der Waals surface area (Å²) in [5.41, 5.74) is 0.143. The molecular formula is C5H3BBrNO. The summed E-state index contributed by atoms with van der Waals surface area (Å²) in [6.07, 6.45) is 0. The van der Waals surface area contributed by atoms with Crippen molar-refractivity contribution >= 4 is 29.4 Å². The lowest BCUT2D eigenvalue weighted by Gasteiger charge is -1.95. The van der Waals surface area contributed by atoms with Crippen LogP contribution >= 0.6 is 15.9 Å². The first-order valence-corrected chi connectivity index (χ1v) is 3.10. The highest BCUT2D eigenvalue weighted by molar-refractivity contribution is 9.10. The summed E-state index contributed by atoms with van der Waals surface area (Å²) in [5.74, 6) is 0.0122. The summed E-state index contributed by atoms with van der Waals surface area (Å²) in [7, 11) is 5.23. The standard InChI is InChI=1S/C5H3BBrNO/c6-5-3(9)1-2-4(7)8-5/h1-2,9H. The largest absolute Gasteiger partial charge is 0.507 e. The number of halogens is 1. The van der Waals surface area contributed by atoms with Gasteiger partial charge in [0.15, 0.2) is 0 Å². The molecule has 1 heterocycles. The van der Waals surface area contributed by atoms with Gasteiger partial charge < -0.3 is 5.11 Å². The molecule has 0 atom stereocenters. The molecule has 44 valence electrons. The summed E-state index contributed by atoms with van der Waals surface area (Å²) < 4.78 is 0.623. The molecule has 2 radical (unpaired) electrons. The van der Waals surface area contributed by atoms with E-state index in [1.54, 1.807) is 6.07 Å². The number of aromatic nitrogens is 1. The SMILES string of the molecule is [B]c1nc(Br)ccc1O. The zero-order valence-electron chi connectivity index (χ0n) is 4.50. The van der Waals surface area contributed by atoms with Crippen LogP contribution in [0.2, 0.25) is 0 Å². The topological polar surface area (TPSA) is 33.1 Å². The van der Waals surface area contributed by atoms with E-state index in [2.05, 4.69) is 20.9 Å². The van der Waals surface area contributed by atoms with Crippen molar-refractivity contribution in [2.24, 2.45) is 0 Å². The van der Waals surface area contributed by atoms with E-state index in [0.29, 0.717) is 4.60 Å². The fourth-order valence-electron chi connectivity index (χ4n) is 0.443. The van der Waals surface area contributed by atoms with Crippen LogP contribution in [0.3, 0.4) is 0 Å². The molecule has 9 heavy (non-hydrogen) atoms. The fraction of sp³-hybridized carbons (Fsp3) is 0. The van der Waals surface area contributed by atoms with Gasteiger partial charge in [-0.2, -0.15) is 0 Å². The van der Waals surface area contributed by atoms with Crippen LogP contribution in [-0.4, -0.2) is 17.9 Å². The highest BCUT2D eigenvalue weighted by atomic mass is 79.9. The van der Waals surface area contributed by atoms with E-state index in [-0.39, 0.29) is 11.3 Å². The van der Waals surface area contributed by atoms with Crippen LogP contribution in [-0.2, 0) is 0 Å². The second-order valence-corrected chi connectivity index (χ2v) is 2.35. The molecule has 0 unspecified atom stereocenters. The Hall–Kier alpha value is -0.505. The molecule has 0 aliphatic heterocycles. The Balaban J connectivity index is 3.17. The zero-order valence-corrected chi connectivity index (χ0v) is 6.09. The van der Waals surface area contributed by atoms with Gasteiger partial charge in [-0.1, -0.05) is 0 Å². The van der Waals surface area contributed by atoms with Crippen molar-refractivity contribution in [3.05, 3.63) is 16.7 Å². The number of nitrogens with zero attached hydrogens (tertiary/aromatic N) is 1. The quantitative estimate of drug-likeness (QED) is 0.465. The van der Waals surface area contributed by atoms with Crippen LogP contribution in [0.5, 0.6) is 5.75 Å². The monoisotopic (exact) mass is 183 g/mol. The third-order valence-electron chi connectivity index (χ3n) is 0.868. The minimum atomic E-state index is 0.0122. The molecule has 1 aromatic rings. The third-order valence-corrected chi connectivity index (χ3v) is 1.31. The smallest absolute Gasteiger partial charge is 0.147 e. The molecule has 0 bridgehead atoms. The highest BCUT2D eigenvalue weighted by Gasteiger charge is 1.94. The van der Waals surface area contributed by atoms with E-state index in [1.165, 1.54) is 6.07 Å². The Morgan fingerprint density at radius 3 is 2.67 bits per heavy atom. The van der Waals surface area contributed by atoms with Crippen molar-refractivity contribution < 1.29 is 5.11 Å². The number of rotatable bonds is 0. The number of hydrogen-bond donors (Lipinski definition) is 1. The fourth-order valence-corrected chi connectivity index (χ4v) is 0.766. The molecule has 0 fully saturated rings. The lowest BCUT2D eigenvalue weighted by atomic mass is 10.0. The average Bonchev–Trinajstić information content (AvgIpc) is 1.80. The average molecular weight is 184 g/mol. The molecule has 0 spiro atoms. The molecule has 0 amide bonds. The van der Waals surface area contributed by atoms with Gasteiger partial charge in [-0.15, -0.1) is 0 Å². The molecule has 0 saturated heterocycles. The van der Waals surface area contributed by atoms with Crippen LogP contribution in [0.25, 0.3) is 0 Å². The van der Waals surface area contributed by atoms with E-state index >= 15 is 0 Å². The zero-order chi connectivity index (χ0) is 6.85. The Morgan fingerprint density at radius 1 is 1.56 bits per heavy atom. The predicted molar refractivity (Wildman–Crippen MR) is 39.0 cm³/mol. The van der Waals surface area contributed by atoms with Crippen molar-refractivity contribution in [2.75, 3.05) is 0 Å². The normalized spacial score (nSPS) is 9.44. The van der Waals surface area contributed by atoms with Crippen LogP contribution in [0, 0.1) is 0 Å². The van der Waals surface area contributed by atoms with E-state index in [9.17, 15) is 0 Å². The maximum atomic E-state index is 8.84. The maximum Gasteiger partial charge on any atom is 0.147 e. The Morgan fingerprint density at radius 2 is 2.22 bits per heavy atom. The minimum absolute atomic E-state index is 0.0122. The lowest BCUT2D eigenvalue weighted by molar-refractivity contribution is 0.477. The minimum Gasteiger partial charge on any atom is -0.507 e. The number of hydrogen-bond acceptors (Lipinski definition) is 2. The number of pyridine rings is 1. The van der Waals surface area contributed by atoms with Crippen LogP contribution in [0.4, 0.5) is 0 Å². The van der Waals surface area contributed by atoms with Gasteiger partial charge in [0.2, 0.25) is 0 Å². The molecule has 0 aromatic carbocycles.